The van der Waals surface area contributed by atoms with Crippen molar-refractivity contribution in [3.8, 4) is 11.5 Å². The Hall–Kier alpha value is -1.55. The van der Waals surface area contributed by atoms with Crippen LogP contribution in [0.4, 0.5) is 0 Å². The summed E-state index contributed by atoms with van der Waals surface area (Å²) in [7, 11) is 3.31. The fraction of sp³-hybridized carbons (Fsp3) is 0.562. The van der Waals surface area contributed by atoms with Crippen molar-refractivity contribution in [2.45, 2.75) is 26.8 Å². The Balaban J connectivity index is 2.19. The maximum absolute atomic E-state index is 11.1. The number of ether oxygens (including phenoxy) is 2. The molecule has 0 fully saturated rings. The summed E-state index contributed by atoms with van der Waals surface area (Å²) in [5, 5.41) is 0. The number of nitrogens with zero attached hydrogens (tertiary/aromatic N) is 1. The first kappa shape index (κ1) is 14.9. The van der Waals surface area contributed by atoms with Crippen molar-refractivity contribution in [3.05, 3.63) is 23.3 Å². The lowest BCUT2D eigenvalue weighted by molar-refractivity contribution is -0.115. The number of hydrogen-bond acceptors (Lipinski definition) is 4. The first-order valence-electron chi connectivity index (χ1n) is 6.91. The molecule has 1 aromatic rings. The van der Waals surface area contributed by atoms with E-state index in [1.54, 1.807) is 14.2 Å². The Morgan fingerprint density at radius 3 is 2.35 bits per heavy atom. The average molecular weight is 277 g/mol. The first-order valence-corrected chi connectivity index (χ1v) is 6.91. The number of fused-ring (bicyclic) bond motifs is 1. The van der Waals surface area contributed by atoms with Gasteiger partial charge in [0.1, 0.15) is 6.29 Å². The fourth-order valence-electron chi connectivity index (χ4n) is 2.69. The molecule has 0 aromatic heterocycles. The molecule has 0 unspecified atom stereocenters. The molecule has 0 N–H and O–H groups in total. The van der Waals surface area contributed by atoms with Crippen LogP contribution in [0, 0.1) is 5.41 Å². The summed E-state index contributed by atoms with van der Waals surface area (Å²) in [6.45, 7) is 6.56. The third-order valence-electron chi connectivity index (χ3n) is 3.75. The van der Waals surface area contributed by atoms with Crippen LogP contribution < -0.4 is 9.47 Å². The third-order valence-corrected chi connectivity index (χ3v) is 3.75. The molecule has 0 saturated heterocycles. The van der Waals surface area contributed by atoms with E-state index in [9.17, 15) is 4.79 Å². The van der Waals surface area contributed by atoms with Crippen molar-refractivity contribution in [2.75, 3.05) is 27.3 Å². The van der Waals surface area contributed by atoms with Crippen LogP contribution >= 0.6 is 0 Å². The van der Waals surface area contributed by atoms with Crippen molar-refractivity contribution >= 4 is 6.29 Å². The van der Waals surface area contributed by atoms with Crippen LogP contribution in [0.2, 0.25) is 0 Å². The third kappa shape index (κ3) is 3.12. The summed E-state index contributed by atoms with van der Waals surface area (Å²) in [5.74, 6) is 1.55. The summed E-state index contributed by atoms with van der Waals surface area (Å²) < 4.78 is 10.7. The zero-order chi connectivity index (χ0) is 14.8. The van der Waals surface area contributed by atoms with E-state index in [2.05, 4.69) is 11.0 Å². The van der Waals surface area contributed by atoms with Gasteiger partial charge in [0.2, 0.25) is 0 Å². The lowest BCUT2D eigenvalue weighted by Gasteiger charge is -2.33. The average Bonchev–Trinajstić information content (AvgIpc) is 2.45. The summed E-state index contributed by atoms with van der Waals surface area (Å²) in [5.41, 5.74) is 2.27. The SMILES string of the molecule is COc1cc2c(cc1OC)CN(CC(C)(C)C=O)CC2. The number of benzene rings is 1. The Labute approximate surface area is 120 Å². The molecule has 1 aliphatic heterocycles. The van der Waals surface area contributed by atoms with Gasteiger partial charge in [0.05, 0.1) is 14.2 Å². The number of methoxy groups -OCH3 is 2. The molecule has 20 heavy (non-hydrogen) atoms. The van der Waals surface area contributed by atoms with Gasteiger partial charge in [0.25, 0.3) is 0 Å². The molecule has 4 heteroatoms. The van der Waals surface area contributed by atoms with Crippen molar-refractivity contribution in [1.82, 2.24) is 4.90 Å². The van der Waals surface area contributed by atoms with E-state index in [0.29, 0.717) is 0 Å². The number of carbonyl (C=O) groups excluding carboxylic acids is 1. The molecule has 1 aliphatic rings. The van der Waals surface area contributed by atoms with Crippen LogP contribution in [-0.4, -0.2) is 38.5 Å². The van der Waals surface area contributed by atoms with Gasteiger partial charge >= 0.3 is 0 Å². The smallest absolute Gasteiger partial charge is 0.161 e. The predicted octanol–water partition coefficient (Wildman–Crippen LogP) is 2.29. The highest BCUT2D eigenvalue weighted by Crippen LogP contribution is 2.33. The minimum atomic E-state index is -0.298. The lowest BCUT2D eigenvalue weighted by atomic mass is 9.92. The lowest BCUT2D eigenvalue weighted by Crippen LogP contribution is -2.38. The van der Waals surface area contributed by atoms with Crippen LogP contribution in [-0.2, 0) is 17.8 Å². The second kappa shape index (κ2) is 5.83. The van der Waals surface area contributed by atoms with Crippen molar-refractivity contribution in [1.29, 1.82) is 0 Å². The molecule has 0 atom stereocenters. The molecule has 0 saturated carbocycles. The second-order valence-electron chi connectivity index (χ2n) is 6.04. The van der Waals surface area contributed by atoms with Gasteiger partial charge in [-0.1, -0.05) is 13.8 Å². The van der Waals surface area contributed by atoms with Crippen LogP contribution in [0.3, 0.4) is 0 Å². The predicted molar refractivity (Wildman–Crippen MR) is 78.4 cm³/mol. The monoisotopic (exact) mass is 277 g/mol. The van der Waals surface area contributed by atoms with Gasteiger partial charge in [-0.05, 0) is 29.7 Å². The van der Waals surface area contributed by atoms with Gasteiger partial charge in [-0.3, -0.25) is 4.90 Å². The van der Waals surface area contributed by atoms with Crippen LogP contribution in [0.15, 0.2) is 12.1 Å². The molecular formula is C16H23NO3. The molecule has 1 aromatic carbocycles. The van der Waals surface area contributed by atoms with Crippen molar-refractivity contribution in [2.24, 2.45) is 5.41 Å². The van der Waals surface area contributed by atoms with Crippen LogP contribution in [0.5, 0.6) is 11.5 Å². The van der Waals surface area contributed by atoms with Gasteiger partial charge in [-0.25, -0.2) is 0 Å². The number of carbonyl (C=O) groups is 1. The maximum atomic E-state index is 11.1. The molecule has 0 aliphatic carbocycles. The number of rotatable bonds is 5. The highest BCUT2D eigenvalue weighted by atomic mass is 16.5. The van der Waals surface area contributed by atoms with Crippen molar-refractivity contribution in [3.63, 3.8) is 0 Å². The second-order valence-corrected chi connectivity index (χ2v) is 6.04. The Bertz CT molecular complexity index is 497. The Morgan fingerprint density at radius 2 is 1.80 bits per heavy atom. The van der Waals surface area contributed by atoms with E-state index in [1.807, 2.05) is 19.9 Å². The maximum Gasteiger partial charge on any atom is 0.161 e. The molecule has 0 radical (unpaired) electrons. The fourth-order valence-corrected chi connectivity index (χ4v) is 2.69. The van der Waals surface area contributed by atoms with Gasteiger partial charge in [-0.2, -0.15) is 0 Å². The van der Waals surface area contributed by atoms with Crippen LogP contribution in [0.25, 0.3) is 0 Å². The van der Waals surface area contributed by atoms with E-state index >= 15 is 0 Å². The van der Waals surface area contributed by atoms with Gasteiger partial charge in [-0.15, -0.1) is 0 Å². The minimum absolute atomic E-state index is 0.298. The topological polar surface area (TPSA) is 38.8 Å². The molecular weight excluding hydrogens is 254 g/mol. The van der Waals surface area contributed by atoms with E-state index < -0.39 is 0 Å². The van der Waals surface area contributed by atoms with E-state index in [4.69, 9.17) is 9.47 Å². The minimum Gasteiger partial charge on any atom is -0.493 e. The zero-order valence-electron chi connectivity index (χ0n) is 12.7. The molecule has 0 bridgehead atoms. The van der Waals surface area contributed by atoms with E-state index in [-0.39, 0.29) is 5.41 Å². The first-order chi connectivity index (χ1) is 9.49. The van der Waals surface area contributed by atoms with Gasteiger partial charge < -0.3 is 14.3 Å². The van der Waals surface area contributed by atoms with Crippen LogP contribution in [0.1, 0.15) is 25.0 Å². The Kier molecular flexibility index (Phi) is 4.33. The quantitative estimate of drug-likeness (QED) is 0.774. The van der Waals surface area contributed by atoms with Gasteiger partial charge in [0, 0.05) is 25.0 Å². The molecule has 4 nitrogen and oxygen atoms in total. The molecule has 2 rings (SSSR count). The zero-order valence-corrected chi connectivity index (χ0v) is 12.7. The summed E-state index contributed by atoms with van der Waals surface area (Å²) in [6, 6.07) is 4.12. The Morgan fingerprint density at radius 1 is 1.20 bits per heavy atom. The van der Waals surface area contributed by atoms with E-state index in [0.717, 1.165) is 43.8 Å². The summed E-state index contributed by atoms with van der Waals surface area (Å²) in [6.07, 6.45) is 2.02. The highest BCUT2D eigenvalue weighted by Gasteiger charge is 2.25. The highest BCUT2D eigenvalue weighted by molar-refractivity contribution is 5.58. The molecule has 1 heterocycles. The normalized spacial score (nSPS) is 15.6. The van der Waals surface area contributed by atoms with Gasteiger partial charge in [0.15, 0.2) is 11.5 Å². The van der Waals surface area contributed by atoms with Crippen molar-refractivity contribution < 1.29 is 14.3 Å². The summed E-state index contributed by atoms with van der Waals surface area (Å²) >= 11 is 0. The van der Waals surface area contributed by atoms with E-state index in [1.165, 1.54) is 11.1 Å². The summed E-state index contributed by atoms with van der Waals surface area (Å²) in [4.78, 5) is 13.4. The molecule has 110 valence electrons. The molecule has 0 spiro atoms. The number of aldehydes is 1. The molecule has 0 amide bonds. The largest absolute Gasteiger partial charge is 0.493 e. The number of hydrogen-bond donors (Lipinski definition) is 0. The standard InChI is InChI=1S/C16H23NO3/c1-16(2,11-18)10-17-6-5-12-7-14(19-3)15(20-4)8-13(12)9-17/h7-8,11H,5-6,9-10H2,1-4H3.